The summed E-state index contributed by atoms with van der Waals surface area (Å²) in [6.45, 7) is 0. The van der Waals surface area contributed by atoms with Crippen molar-refractivity contribution in [3.8, 4) is 0 Å². The van der Waals surface area contributed by atoms with E-state index in [1.54, 1.807) is 12.1 Å². The molecule has 0 fully saturated rings. The monoisotopic (exact) mass is 202 g/mol. The first-order valence-electron chi connectivity index (χ1n) is 3.06. The van der Waals surface area contributed by atoms with Gasteiger partial charge in [-0.3, -0.25) is 4.79 Å². The third-order valence-electron chi connectivity index (χ3n) is 1.31. The van der Waals surface area contributed by atoms with Crippen LogP contribution in [0, 0.1) is 0 Å². The summed E-state index contributed by atoms with van der Waals surface area (Å²) in [7, 11) is 0. The molecule has 1 N–H and O–H groups in total. The van der Waals surface area contributed by atoms with Crippen LogP contribution in [-0.4, -0.2) is 13.9 Å². The van der Waals surface area contributed by atoms with Crippen molar-refractivity contribution in [1.29, 1.82) is 0 Å². The van der Waals surface area contributed by atoms with Gasteiger partial charge in [0.15, 0.2) is 11.1 Å². The van der Waals surface area contributed by atoms with Crippen LogP contribution in [0.2, 0.25) is 0 Å². The molecule has 1 aromatic carbocycles. The Labute approximate surface area is 77.5 Å². The van der Waals surface area contributed by atoms with E-state index in [1.165, 1.54) is 12.1 Å². The highest BCUT2D eigenvalue weighted by Gasteiger charge is 2.10. The lowest BCUT2D eigenvalue weighted by Crippen LogP contribution is -1.98. The molecular formula is C7H6O3S2. The van der Waals surface area contributed by atoms with E-state index in [2.05, 4.69) is 12.6 Å². The van der Waals surface area contributed by atoms with Gasteiger partial charge in [-0.25, -0.2) is 4.21 Å². The van der Waals surface area contributed by atoms with Gasteiger partial charge in [0.25, 0.3) is 0 Å². The summed E-state index contributed by atoms with van der Waals surface area (Å²) in [6.07, 6.45) is 0. The molecule has 0 aliphatic heterocycles. The SMILES string of the molecule is O=C(S)c1ccccc1S(=O)O. The molecule has 0 aliphatic rings. The summed E-state index contributed by atoms with van der Waals surface area (Å²) < 4.78 is 19.4. The summed E-state index contributed by atoms with van der Waals surface area (Å²) in [6, 6.07) is 6.07. The molecule has 0 saturated carbocycles. The summed E-state index contributed by atoms with van der Waals surface area (Å²) in [5, 5.41) is -0.506. The molecule has 64 valence electrons. The number of hydrogen-bond donors (Lipinski definition) is 2. The lowest BCUT2D eigenvalue weighted by Gasteiger charge is -1.99. The van der Waals surface area contributed by atoms with Gasteiger partial charge in [0.2, 0.25) is 5.12 Å². The summed E-state index contributed by atoms with van der Waals surface area (Å²) in [5.41, 5.74) is 0.168. The highest BCUT2D eigenvalue weighted by Crippen LogP contribution is 2.13. The number of thiol groups is 1. The molecule has 0 aromatic heterocycles. The predicted octanol–water partition coefficient (Wildman–Crippen LogP) is 1.34. The summed E-state index contributed by atoms with van der Waals surface area (Å²) in [4.78, 5) is 10.9. The lowest BCUT2D eigenvalue weighted by atomic mass is 10.2. The summed E-state index contributed by atoms with van der Waals surface area (Å²) in [5.74, 6) is 0. The zero-order valence-electron chi connectivity index (χ0n) is 5.93. The Morgan fingerprint density at radius 3 is 2.42 bits per heavy atom. The fraction of sp³-hybridized carbons (Fsp3) is 0. The van der Waals surface area contributed by atoms with Gasteiger partial charge in [-0.2, -0.15) is 0 Å². The zero-order chi connectivity index (χ0) is 9.14. The highest BCUT2D eigenvalue weighted by atomic mass is 32.2. The molecular weight excluding hydrogens is 196 g/mol. The second-order valence-corrected chi connectivity index (χ2v) is 3.39. The van der Waals surface area contributed by atoms with Gasteiger partial charge >= 0.3 is 0 Å². The molecule has 0 radical (unpaired) electrons. The topological polar surface area (TPSA) is 54.4 Å². The van der Waals surface area contributed by atoms with Crippen LogP contribution in [0.5, 0.6) is 0 Å². The zero-order valence-corrected chi connectivity index (χ0v) is 7.64. The molecule has 1 atom stereocenters. The van der Waals surface area contributed by atoms with Crippen LogP contribution in [0.4, 0.5) is 0 Å². The van der Waals surface area contributed by atoms with Gasteiger partial charge < -0.3 is 4.55 Å². The first kappa shape index (κ1) is 9.44. The standard InChI is InChI=1S/C7H6O3S2/c8-7(11)5-3-1-2-4-6(5)12(9)10/h1-4H,(H,8,11)(H,9,10). The number of rotatable bonds is 2. The Kier molecular flexibility index (Phi) is 3.02. The lowest BCUT2D eigenvalue weighted by molar-refractivity contribution is 0.108. The van der Waals surface area contributed by atoms with Crippen LogP contribution < -0.4 is 0 Å². The third kappa shape index (κ3) is 1.94. The Morgan fingerprint density at radius 2 is 2.00 bits per heavy atom. The molecule has 1 unspecified atom stereocenters. The van der Waals surface area contributed by atoms with E-state index < -0.39 is 16.2 Å². The average Bonchev–Trinajstić information content (AvgIpc) is 2.04. The van der Waals surface area contributed by atoms with Crippen molar-refractivity contribution in [3.05, 3.63) is 29.8 Å². The molecule has 0 spiro atoms. The Morgan fingerprint density at radius 1 is 1.42 bits per heavy atom. The van der Waals surface area contributed by atoms with Gasteiger partial charge in [-0.1, -0.05) is 12.1 Å². The largest absolute Gasteiger partial charge is 0.302 e. The molecule has 0 heterocycles. The van der Waals surface area contributed by atoms with Gasteiger partial charge in [0, 0.05) is 5.56 Å². The van der Waals surface area contributed by atoms with Gasteiger partial charge in [0.1, 0.15) is 0 Å². The molecule has 0 amide bonds. The summed E-state index contributed by atoms with van der Waals surface area (Å²) >= 11 is 1.44. The van der Waals surface area contributed by atoms with Gasteiger partial charge in [0.05, 0.1) is 4.90 Å². The smallest absolute Gasteiger partial charge is 0.217 e. The second kappa shape index (κ2) is 3.84. The van der Waals surface area contributed by atoms with E-state index in [0.717, 1.165) is 0 Å². The molecule has 0 aliphatic carbocycles. The first-order valence-corrected chi connectivity index (χ1v) is 4.61. The van der Waals surface area contributed by atoms with Gasteiger partial charge in [-0.05, 0) is 12.1 Å². The maximum Gasteiger partial charge on any atom is 0.217 e. The van der Waals surface area contributed by atoms with E-state index in [1.807, 2.05) is 0 Å². The van der Waals surface area contributed by atoms with Crippen molar-refractivity contribution < 1.29 is 13.6 Å². The van der Waals surface area contributed by atoms with Crippen molar-refractivity contribution in [3.63, 3.8) is 0 Å². The normalized spacial score (nSPS) is 12.5. The fourth-order valence-electron chi connectivity index (χ4n) is 0.796. The minimum absolute atomic E-state index is 0.0949. The number of carbonyl (C=O) groups excluding carboxylic acids is 1. The van der Waals surface area contributed by atoms with Crippen molar-refractivity contribution in [2.45, 2.75) is 4.90 Å². The Balaban J connectivity index is 3.27. The van der Waals surface area contributed by atoms with Crippen molar-refractivity contribution >= 4 is 28.8 Å². The Bertz CT molecular complexity index is 302. The van der Waals surface area contributed by atoms with Crippen LogP contribution in [0.25, 0.3) is 0 Å². The van der Waals surface area contributed by atoms with E-state index >= 15 is 0 Å². The van der Waals surface area contributed by atoms with E-state index in [-0.39, 0.29) is 10.5 Å². The molecule has 1 aromatic rings. The molecule has 12 heavy (non-hydrogen) atoms. The van der Waals surface area contributed by atoms with E-state index in [4.69, 9.17) is 4.55 Å². The molecule has 1 rings (SSSR count). The van der Waals surface area contributed by atoms with E-state index in [9.17, 15) is 9.00 Å². The van der Waals surface area contributed by atoms with Crippen molar-refractivity contribution in [2.24, 2.45) is 0 Å². The minimum Gasteiger partial charge on any atom is -0.302 e. The maximum absolute atomic E-state index is 10.8. The molecule has 3 nitrogen and oxygen atoms in total. The van der Waals surface area contributed by atoms with Crippen LogP contribution >= 0.6 is 12.6 Å². The Hall–Kier alpha value is -0.650. The minimum atomic E-state index is -2.13. The third-order valence-corrected chi connectivity index (χ3v) is 2.28. The number of benzene rings is 1. The van der Waals surface area contributed by atoms with Gasteiger partial charge in [-0.15, -0.1) is 12.6 Å². The number of hydrogen-bond acceptors (Lipinski definition) is 2. The second-order valence-electron chi connectivity index (χ2n) is 2.05. The van der Waals surface area contributed by atoms with E-state index in [0.29, 0.717) is 0 Å². The van der Waals surface area contributed by atoms with Crippen LogP contribution in [0.3, 0.4) is 0 Å². The molecule has 0 saturated heterocycles. The highest BCUT2D eigenvalue weighted by molar-refractivity contribution is 7.97. The molecule has 5 heteroatoms. The van der Waals surface area contributed by atoms with Crippen molar-refractivity contribution in [1.82, 2.24) is 0 Å². The van der Waals surface area contributed by atoms with Crippen LogP contribution in [-0.2, 0) is 11.1 Å². The quantitative estimate of drug-likeness (QED) is 0.562. The molecule has 0 bridgehead atoms. The fourth-order valence-corrected chi connectivity index (χ4v) is 1.61. The van der Waals surface area contributed by atoms with Crippen LogP contribution in [0.1, 0.15) is 10.4 Å². The first-order chi connectivity index (χ1) is 5.63. The van der Waals surface area contributed by atoms with Crippen LogP contribution in [0.15, 0.2) is 29.2 Å². The predicted molar refractivity (Wildman–Crippen MR) is 48.8 cm³/mol. The maximum atomic E-state index is 10.8. The van der Waals surface area contributed by atoms with Crippen molar-refractivity contribution in [2.75, 3.05) is 0 Å². The average molecular weight is 202 g/mol. The number of carbonyl (C=O) groups is 1.